The Bertz CT molecular complexity index is 690. The molecule has 0 spiro atoms. The molecule has 0 saturated carbocycles. The predicted octanol–water partition coefficient (Wildman–Crippen LogP) is 3.73. The summed E-state index contributed by atoms with van der Waals surface area (Å²) in [5.41, 5.74) is 3.67. The monoisotopic (exact) mass is 373 g/mol. The smallest absolute Gasteiger partial charge is 0.223 e. The number of pyridine rings is 1. The fourth-order valence-electron chi connectivity index (χ4n) is 3.45. The maximum absolute atomic E-state index is 13.0. The zero-order valence-electron chi connectivity index (χ0n) is 15.5. The first-order chi connectivity index (χ1) is 12.2. The molecule has 2 unspecified atom stereocenters. The number of piperazine rings is 1. The molecule has 1 aromatic carbocycles. The lowest BCUT2D eigenvalue weighted by atomic mass is 9.95. The molecule has 2 aromatic rings. The molecule has 1 aliphatic heterocycles. The minimum absolute atomic E-state index is 0. The van der Waals surface area contributed by atoms with Gasteiger partial charge in [-0.1, -0.05) is 44.2 Å². The van der Waals surface area contributed by atoms with Crippen LogP contribution in [-0.2, 0) is 11.2 Å². The van der Waals surface area contributed by atoms with Crippen molar-refractivity contribution in [3.63, 3.8) is 0 Å². The Morgan fingerprint density at radius 3 is 2.73 bits per heavy atom. The predicted molar refractivity (Wildman–Crippen MR) is 108 cm³/mol. The lowest BCUT2D eigenvalue weighted by molar-refractivity contribution is -0.134. The van der Waals surface area contributed by atoms with Gasteiger partial charge in [-0.05, 0) is 35.1 Å². The van der Waals surface area contributed by atoms with Gasteiger partial charge in [0.15, 0.2) is 0 Å². The van der Waals surface area contributed by atoms with E-state index in [1.807, 2.05) is 17.2 Å². The summed E-state index contributed by atoms with van der Waals surface area (Å²) in [6.07, 6.45) is 5.22. The van der Waals surface area contributed by atoms with E-state index in [0.717, 1.165) is 31.6 Å². The number of hydrogen-bond donors (Lipinski definition) is 1. The van der Waals surface area contributed by atoms with Gasteiger partial charge in [-0.3, -0.25) is 9.78 Å². The number of benzene rings is 1. The van der Waals surface area contributed by atoms with Gasteiger partial charge < -0.3 is 10.2 Å². The van der Waals surface area contributed by atoms with Crippen LogP contribution in [0, 0.1) is 0 Å². The van der Waals surface area contributed by atoms with Crippen molar-refractivity contribution in [3.8, 4) is 0 Å². The van der Waals surface area contributed by atoms with Crippen molar-refractivity contribution in [2.45, 2.75) is 38.6 Å². The first-order valence-corrected chi connectivity index (χ1v) is 9.18. The van der Waals surface area contributed by atoms with Crippen LogP contribution < -0.4 is 5.32 Å². The van der Waals surface area contributed by atoms with E-state index in [2.05, 4.69) is 54.5 Å². The summed E-state index contributed by atoms with van der Waals surface area (Å²) in [5, 5.41) is 3.39. The molecule has 1 aromatic heterocycles. The minimum atomic E-state index is 0. The number of rotatable bonds is 5. The Kier molecular flexibility index (Phi) is 7.61. The summed E-state index contributed by atoms with van der Waals surface area (Å²) in [5.74, 6) is 0.449. The Hall–Kier alpha value is -1.91. The molecular weight excluding hydrogens is 346 g/mol. The molecule has 2 heterocycles. The molecule has 5 heteroatoms. The number of halogens is 1. The second kappa shape index (κ2) is 9.70. The van der Waals surface area contributed by atoms with Crippen LogP contribution in [0.4, 0.5) is 0 Å². The van der Waals surface area contributed by atoms with Crippen LogP contribution in [0.2, 0.25) is 0 Å². The van der Waals surface area contributed by atoms with Crippen molar-refractivity contribution in [1.29, 1.82) is 0 Å². The van der Waals surface area contributed by atoms with Gasteiger partial charge in [0.1, 0.15) is 0 Å². The van der Waals surface area contributed by atoms with Gasteiger partial charge in [-0.2, -0.15) is 0 Å². The topological polar surface area (TPSA) is 45.2 Å². The first-order valence-electron chi connectivity index (χ1n) is 9.18. The molecule has 0 aliphatic carbocycles. The molecule has 0 bridgehead atoms. The number of nitrogens with one attached hydrogen (secondary N) is 1. The van der Waals surface area contributed by atoms with Crippen molar-refractivity contribution in [1.82, 2.24) is 15.2 Å². The minimum Gasteiger partial charge on any atom is -0.333 e. The van der Waals surface area contributed by atoms with Gasteiger partial charge >= 0.3 is 0 Å². The average Bonchev–Trinajstić information content (AvgIpc) is 2.68. The number of aromatic nitrogens is 1. The van der Waals surface area contributed by atoms with Crippen LogP contribution in [0.1, 0.15) is 48.9 Å². The van der Waals surface area contributed by atoms with Crippen LogP contribution >= 0.6 is 12.4 Å². The number of amides is 1. The summed E-state index contributed by atoms with van der Waals surface area (Å²) in [6, 6.07) is 12.7. The molecule has 1 saturated heterocycles. The van der Waals surface area contributed by atoms with Crippen molar-refractivity contribution in [2.24, 2.45) is 0 Å². The van der Waals surface area contributed by atoms with E-state index >= 15 is 0 Å². The van der Waals surface area contributed by atoms with Gasteiger partial charge in [-0.25, -0.2) is 0 Å². The van der Waals surface area contributed by atoms with Crippen molar-refractivity contribution < 1.29 is 4.79 Å². The molecule has 1 amide bonds. The van der Waals surface area contributed by atoms with E-state index in [1.165, 1.54) is 11.1 Å². The molecule has 140 valence electrons. The molecular formula is C21H28ClN3O. The molecule has 0 radical (unpaired) electrons. The molecule has 3 rings (SSSR count). The summed E-state index contributed by atoms with van der Waals surface area (Å²) in [6.45, 7) is 6.68. The maximum atomic E-state index is 13.0. The van der Waals surface area contributed by atoms with Crippen LogP contribution in [0.15, 0.2) is 48.8 Å². The standard InChI is InChI=1S/C21H27N3O.ClH/c1-3-17-6-8-18(9-7-17)16(2)13-21(25)24-12-11-23-15-20(24)19-5-4-10-22-14-19;/h4-10,14,16,20,23H,3,11-13,15H2,1-2H3;1H. The average molecular weight is 374 g/mol. The second-order valence-corrected chi connectivity index (χ2v) is 6.79. The van der Waals surface area contributed by atoms with E-state index in [9.17, 15) is 4.79 Å². The maximum Gasteiger partial charge on any atom is 0.223 e. The quantitative estimate of drug-likeness (QED) is 0.868. The first kappa shape index (κ1) is 20.4. The van der Waals surface area contributed by atoms with Crippen molar-refractivity contribution in [2.75, 3.05) is 19.6 Å². The Morgan fingerprint density at radius 2 is 2.08 bits per heavy atom. The fourth-order valence-corrected chi connectivity index (χ4v) is 3.45. The highest BCUT2D eigenvalue weighted by Crippen LogP contribution is 2.26. The summed E-state index contributed by atoms with van der Waals surface area (Å²) in [7, 11) is 0. The number of aryl methyl sites for hydroxylation is 1. The Labute approximate surface area is 162 Å². The molecule has 1 N–H and O–H groups in total. The van der Waals surface area contributed by atoms with Crippen molar-refractivity contribution >= 4 is 18.3 Å². The van der Waals surface area contributed by atoms with E-state index in [1.54, 1.807) is 6.20 Å². The third-order valence-corrected chi connectivity index (χ3v) is 5.07. The Morgan fingerprint density at radius 1 is 1.31 bits per heavy atom. The Balaban J connectivity index is 0.00000243. The van der Waals surface area contributed by atoms with Gasteiger partial charge in [0, 0.05) is 38.4 Å². The highest BCUT2D eigenvalue weighted by atomic mass is 35.5. The van der Waals surface area contributed by atoms with Crippen LogP contribution in [0.3, 0.4) is 0 Å². The van der Waals surface area contributed by atoms with Crippen molar-refractivity contribution in [3.05, 3.63) is 65.5 Å². The zero-order valence-corrected chi connectivity index (χ0v) is 16.3. The number of carbonyl (C=O) groups excluding carboxylic acids is 1. The van der Waals surface area contributed by atoms with E-state index in [0.29, 0.717) is 6.42 Å². The molecule has 1 aliphatic rings. The normalized spacial score (nSPS) is 18.1. The van der Waals surface area contributed by atoms with Crippen LogP contribution in [0.25, 0.3) is 0 Å². The lowest BCUT2D eigenvalue weighted by Crippen LogP contribution is -2.48. The molecule has 4 nitrogen and oxygen atoms in total. The lowest BCUT2D eigenvalue weighted by Gasteiger charge is -2.37. The molecule has 2 atom stereocenters. The fraction of sp³-hybridized carbons (Fsp3) is 0.429. The summed E-state index contributed by atoms with van der Waals surface area (Å²) < 4.78 is 0. The van der Waals surface area contributed by atoms with Gasteiger partial charge in [0.25, 0.3) is 0 Å². The van der Waals surface area contributed by atoms with Gasteiger partial charge in [0.05, 0.1) is 6.04 Å². The SMILES string of the molecule is CCc1ccc(C(C)CC(=O)N2CCNCC2c2cccnc2)cc1.Cl. The zero-order chi connectivity index (χ0) is 17.6. The van der Waals surface area contributed by atoms with Crippen LogP contribution in [-0.4, -0.2) is 35.4 Å². The third-order valence-electron chi connectivity index (χ3n) is 5.07. The number of carbonyl (C=O) groups is 1. The van der Waals surface area contributed by atoms with Crippen LogP contribution in [0.5, 0.6) is 0 Å². The van der Waals surface area contributed by atoms with E-state index < -0.39 is 0 Å². The van der Waals surface area contributed by atoms with E-state index in [4.69, 9.17) is 0 Å². The van der Waals surface area contributed by atoms with E-state index in [-0.39, 0.29) is 30.3 Å². The second-order valence-electron chi connectivity index (χ2n) is 6.79. The number of nitrogens with zero attached hydrogens (tertiary/aromatic N) is 2. The largest absolute Gasteiger partial charge is 0.333 e. The molecule has 1 fully saturated rings. The highest BCUT2D eigenvalue weighted by Gasteiger charge is 2.28. The summed E-state index contributed by atoms with van der Waals surface area (Å²) in [4.78, 5) is 19.2. The highest BCUT2D eigenvalue weighted by molar-refractivity contribution is 5.85. The molecule has 26 heavy (non-hydrogen) atoms. The third kappa shape index (κ3) is 4.83. The number of hydrogen-bond acceptors (Lipinski definition) is 3. The summed E-state index contributed by atoms with van der Waals surface area (Å²) >= 11 is 0. The van der Waals surface area contributed by atoms with Gasteiger partial charge in [0.2, 0.25) is 5.91 Å². The van der Waals surface area contributed by atoms with Gasteiger partial charge in [-0.15, -0.1) is 12.4 Å².